The van der Waals surface area contributed by atoms with Crippen LogP contribution in [0.4, 0.5) is 0 Å². The highest BCUT2D eigenvalue weighted by Gasteiger charge is 2.43. The van der Waals surface area contributed by atoms with E-state index in [-0.39, 0.29) is 101 Å². The van der Waals surface area contributed by atoms with Crippen molar-refractivity contribution in [2.75, 3.05) is 39.3 Å². The molecule has 3 heterocycles. The van der Waals surface area contributed by atoms with Crippen LogP contribution in [0.1, 0.15) is 144 Å². The molecule has 0 aromatic heterocycles. The maximum atomic E-state index is 15.6. The van der Waals surface area contributed by atoms with Crippen molar-refractivity contribution in [3.63, 3.8) is 0 Å². The number of nitrogens with zero attached hydrogens (tertiary/aromatic N) is 2. The van der Waals surface area contributed by atoms with E-state index in [1.54, 1.807) is 0 Å². The lowest BCUT2D eigenvalue weighted by molar-refractivity contribution is -0.142. The summed E-state index contributed by atoms with van der Waals surface area (Å²) in [6, 6.07) is 27.5. The van der Waals surface area contributed by atoms with Crippen molar-refractivity contribution in [3.05, 3.63) is 120 Å². The molecular formula is C80H108N12O10. The molecule has 0 bridgehead atoms. The molecule has 22 heteroatoms. The Morgan fingerprint density at radius 3 is 1.06 bits per heavy atom. The van der Waals surface area contributed by atoms with E-state index in [2.05, 4.69) is 54.7 Å². The van der Waals surface area contributed by atoms with Gasteiger partial charge in [0, 0.05) is 63.9 Å². The first-order chi connectivity index (χ1) is 48.9. The molecule has 6 aromatic carbocycles. The van der Waals surface area contributed by atoms with Gasteiger partial charge in [0.25, 0.3) is 0 Å². The number of benzene rings is 6. The molecule has 12 N–H and O–H groups in total. The number of carbonyl (C=O) groups excluding carboxylic acids is 10. The first kappa shape index (κ1) is 77.1. The minimum absolute atomic E-state index is 0.00468. The number of fused-ring (bicyclic) bond motifs is 6. The summed E-state index contributed by atoms with van der Waals surface area (Å²) >= 11 is 0. The molecule has 0 saturated carbocycles. The van der Waals surface area contributed by atoms with Gasteiger partial charge in [-0.25, -0.2) is 0 Å². The Morgan fingerprint density at radius 2 is 0.745 bits per heavy atom. The van der Waals surface area contributed by atoms with Gasteiger partial charge >= 0.3 is 0 Å². The predicted molar refractivity (Wildman–Crippen MR) is 399 cm³/mol. The number of hydrogen-bond acceptors (Lipinski definition) is 12. The number of nitrogens with one attached hydrogen (secondary N) is 8. The fraction of sp³-hybridized carbons (Fsp3) is 0.525. The molecule has 3 saturated heterocycles. The second-order valence-corrected chi connectivity index (χ2v) is 29.9. The van der Waals surface area contributed by atoms with E-state index in [4.69, 9.17) is 11.5 Å². The average molecular weight is 1400 g/mol. The number of carbonyl (C=O) groups is 10. The quantitative estimate of drug-likeness (QED) is 0.0433. The van der Waals surface area contributed by atoms with Crippen LogP contribution in [0.2, 0.25) is 0 Å². The third-order valence-electron chi connectivity index (χ3n) is 20.5. The molecule has 3 aliphatic rings. The molecule has 3 fully saturated rings. The highest BCUT2D eigenvalue weighted by atomic mass is 16.2. The van der Waals surface area contributed by atoms with E-state index in [9.17, 15) is 28.8 Å². The number of rotatable bonds is 16. The van der Waals surface area contributed by atoms with E-state index >= 15 is 19.2 Å². The van der Waals surface area contributed by atoms with E-state index < -0.39 is 119 Å². The van der Waals surface area contributed by atoms with E-state index in [1.807, 2.05) is 152 Å². The van der Waals surface area contributed by atoms with Gasteiger partial charge in [0.1, 0.15) is 36.3 Å². The van der Waals surface area contributed by atoms with Crippen LogP contribution in [0.15, 0.2) is 109 Å². The Morgan fingerprint density at radius 1 is 0.412 bits per heavy atom. The number of amides is 10. The summed E-state index contributed by atoms with van der Waals surface area (Å²) in [4.78, 5) is 152. The highest BCUT2D eigenvalue weighted by Crippen LogP contribution is 2.34. The van der Waals surface area contributed by atoms with Crippen molar-refractivity contribution in [2.45, 2.75) is 194 Å². The fourth-order valence-corrected chi connectivity index (χ4v) is 15.2. The molecular weight excluding hydrogens is 1290 g/mol. The van der Waals surface area contributed by atoms with Crippen molar-refractivity contribution >= 4 is 102 Å². The minimum Gasteiger partial charge on any atom is -0.354 e. The summed E-state index contributed by atoms with van der Waals surface area (Å²) < 4.78 is 0. The summed E-state index contributed by atoms with van der Waals surface area (Å²) in [6.45, 7) is 15.7. The van der Waals surface area contributed by atoms with Crippen molar-refractivity contribution in [3.8, 4) is 0 Å². The van der Waals surface area contributed by atoms with Gasteiger partial charge in [0.15, 0.2) is 0 Å². The SMILES string of the molecule is CC(C)C[C@H]1CC(=O)N[C@H](CCCN)C(=O)NC[C@@H](C(C)C)C(=O)N[C@H](Cc2c3ccccc3cc3ccccc23)C(=O)N2CCC[C@H]2C(=O)N[C@@H](CC(C)C)CC(=O)N[C@H](CCCN)C(=O)NC[C@@H](C(C)C)C(=O)N[C@H](Cc2c3ccccc3cc3ccccc23)C(=O)N2CCC[C@H]2C(=O)N1. The standard InChI is InChI=1S/C80H108N12O10/c1-47(2)37-55-41-71(93)87-65(29-17-33-81)75(97)83-45-63(49(5)6)74(96)90-68(44-62-59-27-15-11-23-53(59)40-54-24-12-16-28-60(54)62)80(102)92-36-20-32-70(92)78(100)86-56(38-48(3)4)42-72(94)88-66(30-18-34-82)76(98)84-46-64(50(7)8)73(95)89-67(79(101)91-35-19-31-69(91)77(99)85-55)43-61-57-25-13-9-21-51(57)39-52-22-10-14-26-58(52)61/h9-16,21-28,39-40,47-50,55-56,63-70H,17-20,29-38,41-46,81-82H2,1-8H3,(H,83,97)(H,84,98)(H,85,99)(H,86,100)(H,87,93)(H,88,94)(H,89,95)(H,90,96)/t55-,56-,63-,64-,65+,66+,67+,68+,69-,70-/m0/s1. The number of nitrogens with two attached hydrogens (primary N) is 2. The lowest BCUT2D eigenvalue weighted by Gasteiger charge is -2.32. The monoisotopic (exact) mass is 1400 g/mol. The number of hydrogen-bond donors (Lipinski definition) is 10. The van der Waals surface area contributed by atoms with Gasteiger partial charge in [0.05, 0.1) is 11.8 Å². The van der Waals surface area contributed by atoms with Crippen LogP contribution in [0.3, 0.4) is 0 Å². The Hall–Kier alpha value is -9.02. The van der Waals surface area contributed by atoms with Crippen LogP contribution >= 0.6 is 0 Å². The van der Waals surface area contributed by atoms with Crippen molar-refractivity contribution in [2.24, 2.45) is 47.0 Å². The Balaban J connectivity index is 1.06. The molecule has 0 aliphatic carbocycles. The topological polar surface area (TPSA) is 325 Å². The van der Waals surface area contributed by atoms with E-state index in [0.717, 1.165) is 54.2 Å². The van der Waals surface area contributed by atoms with Crippen LogP contribution < -0.4 is 54.0 Å². The zero-order valence-corrected chi connectivity index (χ0v) is 60.7. The van der Waals surface area contributed by atoms with Gasteiger partial charge in [-0.2, -0.15) is 0 Å². The molecule has 3 aliphatic heterocycles. The molecule has 10 atom stereocenters. The summed E-state index contributed by atoms with van der Waals surface area (Å²) in [6.07, 6.45) is 3.01. The second kappa shape index (κ2) is 36.2. The molecule has 0 unspecified atom stereocenters. The van der Waals surface area contributed by atoms with Crippen molar-refractivity contribution in [1.29, 1.82) is 0 Å². The maximum Gasteiger partial charge on any atom is 0.246 e. The second-order valence-electron chi connectivity index (χ2n) is 29.9. The summed E-state index contributed by atoms with van der Waals surface area (Å²) in [5.74, 6) is -7.62. The molecule has 6 aromatic rings. The highest BCUT2D eigenvalue weighted by molar-refractivity contribution is 6.05. The van der Waals surface area contributed by atoms with E-state index in [1.165, 1.54) is 9.80 Å². The van der Waals surface area contributed by atoms with Gasteiger partial charge < -0.3 is 63.8 Å². The Kier molecular flexibility index (Phi) is 27.4. The predicted octanol–water partition coefficient (Wildman–Crippen LogP) is 7.12. The van der Waals surface area contributed by atoms with Crippen LogP contribution in [0.5, 0.6) is 0 Å². The molecule has 10 amide bonds. The normalized spacial score (nSPS) is 24.3. The molecule has 0 spiro atoms. The van der Waals surface area contributed by atoms with Crippen LogP contribution in [-0.4, -0.2) is 156 Å². The average Bonchev–Trinajstić information content (AvgIpc) is 0.781. The molecule has 0 radical (unpaired) electrons. The smallest absolute Gasteiger partial charge is 0.246 e. The summed E-state index contributed by atoms with van der Waals surface area (Å²) in [7, 11) is 0. The summed E-state index contributed by atoms with van der Waals surface area (Å²) in [5, 5.41) is 31.5. The van der Waals surface area contributed by atoms with Gasteiger partial charge in [-0.15, -0.1) is 0 Å². The Labute approximate surface area is 599 Å². The first-order valence-electron chi connectivity index (χ1n) is 37.1. The van der Waals surface area contributed by atoms with Gasteiger partial charge in [0.2, 0.25) is 59.1 Å². The lowest BCUT2D eigenvalue weighted by atomic mass is 9.90. The third-order valence-corrected chi connectivity index (χ3v) is 20.5. The zero-order chi connectivity index (χ0) is 73.3. The van der Waals surface area contributed by atoms with Gasteiger partial charge in [-0.3, -0.25) is 47.9 Å². The molecule has 9 rings (SSSR count). The van der Waals surface area contributed by atoms with Gasteiger partial charge in [-0.05, 0) is 167 Å². The summed E-state index contributed by atoms with van der Waals surface area (Å²) in [5.41, 5.74) is 13.7. The van der Waals surface area contributed by atoms with Crippen molar-refractivity contribution < 1.29 is 47.9 Å². The molecule has 102 heavy (non-hydrogen) atoms. The van der Waals surface area contributed by atoms with Crippen LogP contribution in [0, 0.1) is 35.5 Å². The van der Waals surface area contributed by atoms with Crippen LogP contribution in [0.25, 0.3) is 43.1 Å². The lowest BCUT2D eigenvalue weighted by Crippen LogP contribution is -2.57. The van der Waals surface area contributed by atoms with Crippen LogP contribution in [-0.2, 0) is 60.8 Å². The van der Waals surface area contributed by atoms with Crippen molar-refractivity contribution in [1.82, 2.24) is 52.3 Å². The van der Waals surface area contributed by atoms with E-state index in [0.29, 0.717) is 51.4 Å². The fourth-order valence-electron chi connectivity index (χ4n) is 15.2. The third kappa shape index (κ3) is 19.8. The molecule has 22 nitrogen and oxygen atoms in total. The largest absolute Gasteiger partial charge is 0.354 e. The minimum atomic E-state index is -1.20. The maximum absolute atomic E-state index is 15.6. The Bertz CT molecular complexity index is 3630. The van der Waals surface area contributed by atoms with Gasteiger partial charge in [-0.1, -0.05) is 152 Å². The molecule has 548 valence electrons. The zero-order valence-electron chi connectivity index (χ0n) is 60.7. The first-order valence-corrected chi connectivity index (χ1v) is 37.1.